The number of nitrogens with one attached hydrogen (secondary N) is 2. The first kappa shape index (κ1) is 19.3. The molecule has 29 heavy (non-hydrogen) atoms. The summed E-state index contributed by atoms with van der Waals surface area (Å²) in [6, 6.07) is 15.9. The Labute approximate surface area is 170 Å². The molecule has 6 heteroatoms. The van der Waals surface area contributed by atoms with E-state index in [9.17, 15) is 4.79 Å². The first-order valence-corrected chi connectivity index (χ1v) is 10.1. The van der Waals surface area contributed by atoms with Crippen molar-refractivity contribution in [1.82, 2.24) is 15.5 Å². The molecule has 1 aromatic heterocycles. The number of furan rings is 1. The molecule has 2 heterocycles. The van der Waals surface area contributed by atoms with Gasteiger partial charge in [-0.3, -0.25) is 4.90 Å². The lowest BCUT2D eigenvalue weighted by Crippen LogP contribution is -2.41. The Morgan fingerprint density at radius 1 is 1.10 bits per heavy atom. The van der Waals surface area contributed by atoms with Gasteiger partial charge in [0.15, 0.2) is 0 Å². The van der Waals surface area contributed by atoms with E-state index >= 15 is 0 Å². The standard InChI is InChI=1S/C23H27N3O3/c1-28-20-9-8-18-13-17(6-7-19(18)14-20)15-24-23(27)25-16-21(22-5-4-12-29-22)26-10-2-3-11-26/h4-9,12-14,21H,2-3,10-11,15-16H2,1H3,(H2,24,25,27)/t21-/m1/s1. The van der Waals surface area contributed by atoms with Crippen molar-refractivity contribution in [2.24, 2.45) is 0 Å². The van der Waals surface area contributed by atoms with Gasteiger partial charge in [0.05, 0.1) is 19.4 Å². The Kier molecular flexibility index (Phi) is 6.00. The van der Waals surface area contributed by atoms with E-state index in [0.29, 0.717) is 13.1 Å². The van der Waals surface area contributed by atoms with Crippen LogP contribution in [0.3, 0.4) is 0 Å². The summed E-state index contributed by atoms with van der Waals surface area (Å²) in [5, 5.41) is 8.19. The highest BCUT2D eigenvalue weighted by Crippen LogP contribution is 2.25. The summed E-state index contributed by atoms with van der Waals surface area (Å²) in [6.45, 7) is 3.08. The number of urea groups is 1. The number of carbonyl (C=O) groups excluding carboxylic acids is 1. The minimum Gasteiger partial charge on any atom is -0.497 e. The van der Waals surface area contributed by atoms with Crippen LogP contribution in [0.25, 0.3) is 10.8 Å². The molecule has 2 aromatic carbocycles. The van der Waals surface area contributed by atoms with Gasteiger partial charge >= 0.3 is 6.03 Å². The van der Waals surface area contributed by atoms with Crippen LogP contribution in [-0.2, 0) is 6.54 Å². The van der Waals surface area contributed by atoms with Gasteiger partial charge < -0.3 is 19.8 Å². The third kappa shape index (κ3) is 4.71. The lowest BCUT2D eigenvalue weighted by atomic mass is 10.1. The van der Waals surface area contributed by atoms with Crippen molar-refractivity contribution in [3.8, 4) is 5.75 Å². The molecule has 3 aromatic rings. The van der Waals surface area contributed by atoms with Crippen LogP contribution in [-0.4, -0.2) is 37.7 Å². The molecule has 1 aliphatic rings. The molecule has 0 saturated carbocycles. The maximum atomic E-state index is 12.4. The molecule has 2 amide bonds. The molecule has 1 fully saturated rings. The van der Waals surface area contributed by atoms with Crippen molar-refractivity contribution in [2.45, 2.75) is 25.4 Å². The summed E-state index contributed by atoms with van der Waals surface area (Å²) in [7, 11) is 1.66. The van der Waals surface area contributed by atoms with E-state index in [1.165, 1.54) is 12.8 Å². The summed E-state index contributed by atoms with van der Waals surface area (Å²) in [5.41, 5.74) is 1.06. The molecule has 152 valence electrons. The van der Waals surface area contributed by atoms with E-state index in [0.717, 1.165) is 40.9 Å². The molecule has 2 N–H and O–H groups in total. The first-order chi connectivity index (χ1) is 14.2. The molecule has 0 bridgehead atoms. The van der Waals surface area contributed by atoms with Gasteiger partial charge in [-0.2, -0.15) is 0 Å². The molecule has 0 spiro atoms. The van der Waals surface area contributed by atoms with E-state index in [-0.39, 0.29) is 12.1 Å². The topological polar surface area (TPSA) is 66.7 Å². The van der Waals surface area contributed by atoms with E-state index in [1.54, 1.807) is 13.4 Å². The van der Waals surface area contributed by atoms with Gasteiger partial charge in [-0.25, -0.2) is 4.79 Å². The predicted octanol–water partition coefficient (Wildman–Crippen LogP) is 4.08. The van der Waals surface area contributed by atoms with Crippen LogP contribution in [0, 0.1) is 0 Å². The average Bonchev–Trinajstić information content (AvgIpc) is 3.47. The third-order valence-corrected chi connectivity index (χ3v) is 5.47. The summed E-state index contributed by atoms with van der Waals surface area (Å²) in [4.78, 5) is 14.7. The second-order valence-corrected chi connectivity index (χ2v) is 7.39. The van der Waals surface area contributed by atoms with E-state index in [4.69, 9.17) is 9.15 Å². The number of likely N-dealkylation sites (tertiary alicyclic amines) is 1. The number of carbonyl (C=O) groups is 1. The minimum atomic E-state index is -0.171. The molecule has 4 rings (SSSR count). The van der Waals surface area contributed by atoms with Gasteiger partial charge in [0.25, 0.3) is 0 Å². The fraction of sp³-hybridized carbons (Fsp3) is 0.348. The molecule has 0 unspecified atom stereocenters. The Balaban J connectivity index is 1.32. The zero-order chi connectivity index (χ0) is 20.1. The quantitative estimate of drug-likeness (QED) is 0.635. The largest absolute Gasteiger partial charge is 0.497 e. The Hall–Kier alpha value is -2.99. The Morgan fingerprint density at radius 3 is 2.66 bits per heavy atom. The van der Waals surface area contributed by atoms with Crippen LogP contribution in [0.5, 0.6) is 5.75 Å². The number of benzene rings is 2. The maximum Gasteiger partial charge on any atom is 0.315 e. The van der Waals surface area contributed by atoms with Gasteiger partial charge in [0, 0.05) is 13.1 Å². The number of hydrogen-bond acceptors (Lipinski definition) is 4. The highest BCUT2D eigenvalue weighted by Gasteiger charge is 2.25. The Bertz CT molecular complexity index is 949. The smallest absolute Gasteiger partial charge is 0.315 e. The van der Waals surface area contributed by atoms with E-state index < -0.39 is 0 Å². The van der Waals surface area contributed by atoms with Crippen molar-refractivity contribution >= 4 is 16.8 Å². The molecule has 1 aliphatic heterocycles. The fourth-order valence-corrected chi connectivity index (χ4v) is 3.89. The number of amides is 2. The third-order valence-electron chi connectivity index (χ3n) is 5.47. The van der Waals surface area contributed by atoms with Gasteiger partial charge in [-0.1, -0.05) is 18.2 Å². The molecular weight excluding hydrogens is 366 g/mol. The highest BCUT2D eigenvalue weighted by atomic mass is 16.5. The monoisotopic (exact) mass is 393 g/mol. The molecule has 6 nitrogen and oxygen atoms in total. The summed E-state index contributed by atoms with van der Waals surface area (Å²) in [5.74, 6) is 1.74. The minimum absolute atomic E-state index is 0.0777. The van der Waals surface area contributed by atoms with Crippen LogP contribution in [0.1, 0.15) is 30.2 Å². The SMILES string of the molecule is COc1ccc2cc(CNC(=O)NC[C@H](c3ccco3)N3CCCC3)ccc2c1. The summed E-state index contributed by atoms with van der Waals surface area (Å²) in [6.07, 6.45) is 4.07. The predicted molar refractivity (Wildman–Crippen MR) is 113 cm³/mol. The van der Waals surface area contributed by atoms with Gasteiger partial charge in [-0.05, 0) is 72.6 Å². The molecule has 1 saturated heterocycles. The van der Waals surface area contributed by atoms with Gasteiger partial charge in [0.1, 0.15) is 11.5 Å². The number of hydrogen-bond donors (Lipinski definition) is 2. The number of fused-ring (bicyclic) bond motifs is 1. The van der Waals surface area contributed by atoms with Crippen molar-refractivity contribution < 1.29 is 13.9 Å². The van der Waals surface area contributed by atoms with Crippen molar-refractivity contribution in [3.63, 3.8) is 0 Å². The highest BCUT2D eigenvalue weighted by molar-refractivity contribution is 5.84. The van der Waals surface area contributed by atoms with E-state index in [2.05, 4.69) is 21.6 Å². The second kappa shape index (κ2) is 9.01. The summed E-state index contributed by atoms with van der Waals surface area (Å²) < 4.78 is 10.9. The van der Waals surface area contributed by atoms with Crippen LogP contribution >= 0.6 is 0 Å². The fourth-order valence-electron chi connectivity index (χ4n) is 3.89. The molecule has 1 atom stereocenters. The van der Waals surface area contributed by atoms with Crippen molar-refractivity contribution in [2.75, 3.05) is 26.7 Å². The lowest BCUT2D eigenvalue weighted by molar-refractivity contribution is 0.203. The summed E-state index contributed by atoms with van der Waals surface area (Å²) >= 11 is 0. The van der Waals surface area contributed by atoms with Crippen LogP contribution < -0.4 is 15.4 Å². The van der Waals surface area contributed by atoms with E-state index in [1.807, 2.05) is 42.5 Å². The zero-order valence-corrected chi connectivity index (χ0v) is 16.7. The molecule has 0 radical (unpaired) electrons. The number of rotatable bonds is 7. The number of ether oxygens (including phenoxy) is 1. The van der Waals surface area contributed by atoms with Crippen molar-refractivity contribution in [1.29, 1.82) is 0 Å². The van der Waals surface area contributed by atoms with Gasteiger partial charge in [-0.15, -0.1) is 0 Å². The van der Waals surface area contributed by atoms with Crippen LogP contribution in [0.4, 0.5) is 4.79 Å². The maximum absolute atomic E-state index is 12.4. The Morgan fingerprint density at radius 2 is 1.90 bits per heavy atom. The van der Waals surface area contributed by atoms with Crippen molar-refractivity contribution in [3.05, 3.63) is 66.1 Å². The lowest BCUT2D eigenvalue weighted by Gasteiger charge is -2.26. The number of methoxy groups -OCH3 is 1. The normalized spacial score (nSPS) is 15.3. The molecule has 0 aliphatic carbocycles. The molecular formula is C23H27N3O3. The van der Waals surface area contributed by atoms with Gasteiger partial charge in [0.2, 0.25) is 0 Å². The van der Waals surface area contributed by atoms with Crippen LogP contribution in [0.15, 0.2) is 59.2 Å². The first-order valence-electron chi connectivity index (χ1n) is 10.1. The second-order valence-electron chi connectivity index (χ2n) is 7.39. The average molecular weight is 393 g/mol. The van der Waals surface area contributed by atoms with Crippen LogP contribution in [0.2, 0.25) is 0 Å². The zero-order valence-electron chi connectivity index (χ0n) is 16.7. The number of nitrogens with zero attached hydrogens (tertiary/aromatic N) is 1.